The van der Waals surface area contributed by atoms with Gasteiger partial charge < -0.3 is 0 Å². The van der Waals surface area contributed by atoms with E-state index in [2.05, 4.69) is 15.5 Å². The third kappa shape index (κ3) is 2.89. The van der Waals surface area contributed by atoms with Gasteiger partial charge in [-0.15, -0.1) is 0 Å². The molecule has 4 heteroatoms. The molecule has 1 N–H and O–H groups in total. The van der Waals surface area contributed by atoms with Gasteiger partial charge in [0.25, 0.3) is 0 Å². The maximum absolute atomic E-state index is 9.00. The molecular weight excluding hydrogens is 214 g/mol. The Labute approximate surface area is 99.2 Å². The second-order valence-electron chi connectivity index (χ2n) is 3.27. The number of anilines is 1. The number of nitrogens with zero attached hydrogens (tertiary/aromatic N) is 3. The van der Waals surface area contributed by atoms with Gasteiger partial charge in [0.15, 0.2) is 5.71 Å². The Bertz CT molecular complexity index is 541. The molecule has 17 heavy (non-hydrogen) atoms. The lowest BCUT2D eigenvalue weighted by molar-refractivity contribution is 1.26. The fraction of sp³-hybridized carbons (Fsp3) is 0. The number of nitriles is 1. The highest BCUT2D eigenvalue weighted by Gasteiger charge is 2.02. The van der Waals surface area contributed by atoms with Crippen LogP contribution < -0.4 is 5.43 Å². The highest BCUT2D eigenvalue weighted by Crippen LogP contribution is 2.05. The number of pyridine rings is 1. The van der Waals surface area contributed by atoms with Crippen molar-refractivity contribution < 1.29 is 0 Å². The zero-order chi connectivity index (χ0) is 11.9. The summed E-state index contributed by atoms with van der Waals surface area (Å²) in [6.45, 7) is 0. The van der Waals surface area contributed by atoms with E-state index in [1.807, 2.05) is 42.5 Å². The molecule has 0 bridgehead atoms. The number of hydrogen-bond acceptors (Lipinski definition) is 4. The summed E-state index contributed by atoms with van der Waals surface area (Å²) >= 11 is 0. The van der Waals surface area contributed by atoms with Crippen LogP contribution in [0.3, 0.4) is 0 Å². The lowest BCUT2D eigenvalue weighted by atomic mass is 10.3. The predicted octanol–water partition coefficient (Wildman–Crippen LogP) is 2.42. The van der Waals surface area contributed by atoms with Crippen molar-refractivity contribution in [1.82, 2.24) is 4.98 Å². The maximum Gasteiger partial charge on any atom is 0.186 e. The van der Waals surface area contributed by atoms with Gasteiger partial charge >= 0.3 is 0 Å². The first-order chi connectivity index (χ1) is 8.40. The van der Waals surface area contributed by atoms with Crippen molar-refractivity contribution in [3.8, 4) is 6.07 Å². The van der Waals surface area contributed by atoms with E-state index in [1.54, 1.807) is 18.3 Å². The molecule has 0 saturated heterocycles. The molecule has 1 aromatic heterocycles. The SMILES string of the molecule is N#C/C(=[15N]/[15NH]c1ccccc1)c1ccccn1. The second-order valence-corrected chi connectivity index (χ2v) is 3.27. The number of hydrogen-bond donors (Lipinski definition) is 1. The van der Waals surface area contributed by atoms with Crippen molar-refractivity contribution in [2.75, 3.05) is 5.43 Å². The topological polar surface area (TPSA) is 61.1 Å². The van der Waals surface area contributed by atoms with Crippen molar-refractivity contribution >= 4 is 11.4 Å². The average molecular weight is 224 g/mol. The standard InChI is InChI=1S/C13H10N4/c14-10-13(12-8-4-5-9-15-12)17-16-11-6-2-1-3-7-11/h1-9,16H/b17-13-/i16+1,17+1. The maximum atomic E-state index is 9.00. The molecule has 1 aromatic carbocycles. The van der Waals surface area contributed by atoms with Gasteiger partial charge in [0.1, 0.15) is 11.8 Å². The number of benzene rings is 1. The Kier molecular flexibility index (Phi) is 3.46. The zero-order valence-corrected chi connectivity index (χ0v) is 9.04. The van der Waals surface area contributed by atoms with E-state index in [4.69, 9.17) is 5.26 Å². The fourth-order valence-corrected chi connectivity index (χ4v) is 1.28. The molecule has 0 aliphatic carbocycles. The zero-order valence-electron chi connectivity index (χ0n) is 9.04. The van der Waals surface area contributed by atoms with Crippen LogP contribution in [0.15, 0.2) is 59.8 Å². The summed E-state index contributed by atoms with van der Waals surface area (Å²) in [5.74, 6) is 0. The third-order valence-corrected chi connectivity index (χ3v) is 2.08. The molecule has 1 heterocycles. The summed E-state index contributed by atoms with van der Waals surface area (Å²) in [5.41, 5.74) is 4.46. The van der Waals surface area contributed by atoms with Crippen LogP contribution in [0.1, 0.15) is 5.69 Å². The van der Waals surface area contributed by atoms with Gasteiger partial charge in [0, 0.05) is 6.20 Å². The third-order valence-electron chi connectivity index (χ3n) is 2.08. The smallest absolute Gasteiger partial charge is 0.186 e. The molecule has 0 amide bonds. The quantitative estimate of drug-likeness (QED) is 0.494. The lowest BCUT2D eigenvalue weighted by Gasteiger charge is -2.00. The van der Waals surface area contributed by atoms with Crippen LogP contribution in [-0.4, -0.2) is 10.7 Å². The van der Waals surface area contributed by atoms with Crippen LogP contribution in [0.5, 0.6) is 0 Å². The molecule has 0 radical (unpaired) electrons. The van der Waals surface area contributed by atoms with E-state index in [-0.39, 0.29) is 5.71 Å². The number of nitrogens with one attached hydrogen (secondary N) is 1. The van der Waals surface area contributed by atoms with Gasteiger partial charge in [-0.2, -0.15) is 10.4 Å². The summed E-state index contributed by atoms with van der Waals surface area (Å²) in [7, 11) is 0. The molecule has 2 rings (SSSR count). The van der Waals surface area contributed by atoms with Crippen molar-refractivity contribution in [1.29, 1.82) is 5.26 Å². The molecule has 0 saturated carbocycles. The van der Waals surface area contributed by atoms with Gasteiger partial charge in [-0.25, -0.2) is 0 Å². The van der Waals surface area contributed by atoms with E-state index >= 15 is 0 Å². The number of para-hydroxylation sites is 1. The van der Waals surface area contributed by atoms with Crippen LogP contribution in [0.25, 0.3) is 0 Å². The minimum atomic E-state index is 0.259. The Morgan fingerprint density at radius 2 is 1.88 bits per heavy atom. The van der Waals surface area contributed by atoms with E-state index < -0.39 is 0 Å². The molecule has 0 atom stereocenters. The van der Waals surface area contributed by atoms with E-state index in [1.165, 1.54) is 0 Å². The summed E-state index contributed by atoms with van der Waals surface area (Å²) in [6, 6.07) is 16.8. The summed E-state index contributed by atoms with van der Waals surface area (Å²) in [5, 5.41) is 13.0. The predicted molar refractivity (Wildman–Crippen MR) is 66.5 cm³/mol. The minimum Gasteiger partial charge on any atom is -0.277 e. The monoisotopic (exact) mass is 224 g/mol. The highest BCUT2D eigenvalue weighted by atomic mass is 16.2. The molecule has 0 fully saturated rings. The summed E-state index contributed by atoms with van der Waals surface area (Å²) in [4.78, 5) is 4.07. The normalized spacial score (nSPS) is 10.6. The number of aromatic nitrogens is 1. The van der Waals surface area contributed by atoms with Crippen LogP contribution in [-0.2, 0) is 0 Å². The first kappa shape index (κ1) is 10.8. The van der Waals surface area contributed by atoms with Crippen molar-refractivity contribution in [3.63, 3.8) is 0 Å². The van der Waals surface area contributed by atoms with Crippen molar-refractivity contribution in [3.05, 3.63) is 60.4 Å². The molecule has 0 spiro atoms. The lowest BCUT2D eigenvalue weighted by Crippen LogP contribution is -2.03. The van der Waals surface area contributed by atoms with E-state index in [9.17, 15) is 0 Å². The number of rotatable bonds is 3. The van der Waals surface area contributed by atoms with E-state index in [0.29, 0.717) is 5.69 Å². The van der Waals surface area contributed by atoms with Gasteiger partial charge in [-0.05, 0) is 24.3 Å². The van der Waals surface area contributed by atoms with Gasteiger partial charge in [-0.1, -0.05) is 24.3 Å². The summed E-state index contributed by atoms with van der Waals surface area (Å²) in [6.07, 6.45) is 1.63. The summed E-state index contributed by atoms with van der Waals surface area (Å²) < 4.78 is 0. The molecule has 0 aliphatic heterocycles. The molecule has 4 nitrogen and oxygen atoms in total. The van der Waals surface area contributed by atoms with Crippen LogP contribution >= 0.6 is 0 Å². The first-order valence-corrected chi connectivity index (χ1v) is 5.10. The van der Waals surface area contributed by atoms with Crippen molar-refractivity contribution in [2.24, 2.45) is 5.10 Å². The molecule has 2 aromatic rings. The van der Waals surface area contributed by atoms with Gasteiger partial charge in [0.05, 0.1) is 5.69 Å². The second kappa shape index (κ2) is 5.42. The Morgan fingerprint density at radius 3 is 2.53 bits per heavy atom. The van der Waals surface area contributed by atoms with Crippen LogP contribution in [0, 0.1) is 11.3 Å². The average Bonchev–Trinajstić information content (AvgIpc) is 2.42. The Balaban J connectivity index is 2.18. The van der Waals surface area contributed by atoms with Crippen LogP contribution in [0.2, 0.25) is 0 Å². The minimum absolute atomic E-state index is 0.259. The molecule has 0 aliphatic rings. The van der Waals surface area contributed by atoms with Gasteiger partial charge in [-0.3, -0.25) is 10.4 Å². The van der Waals surface area contributed by atoms with Crippen molar-refractivity contribution in [2.45, 2.75) is 0 Å². The van der Waals surface area contributed by atoms with E-state index in [0.717, 1.165) is 5.69 Å². The highest BCUT2D eigenvalue weighted by molar-refractivity contribution is 6.10. The van der Waals surface area contributed by atoms with Gasteiger partial charge in [0.2, 0.25) is 0 Å². The largest absolute Gasteiger partial charge is 0.277 e. The molecule has 82 valence electrons. The molecule has 0 unspecified atom stereocenters. The first-order valence-electron chi connectivity index (χ1n) is 5.10. The molecular formula is C13H10N4. The Morgan fingerprint density at radius 1 is 1.12 bits per heavy atom. The Hall–Kier alpha value is -2.67. The number of hydrazone groups is 1. The fourth-order valence-electron chi connectivity index (χ4n) is 1.28. The van der Waals surface area contributed by atoms with Crippen LogP contribution in [0.4, 0.5) is 5.69 Å².